The van der Waals surface area contributed by atoms with E-state index in [9.17, 15) is 9.59 Å². The Hall–Kier alpha value is -4.00. The van der Waals surface area contributed by atoms with E-state index in [2.05, 4.69) is 10.6 Å². The maximum absolute atomic E-state index is 12.0. The van der Waals surface area contributed by atoms with Gasteiger partial charge in [0.15, 0.2) is 5.78 Å². The van der Waals surface area contributed by atoms with Crippen molar-refractivity contribution in [3.05, 3.63) is 119 Å². The van der Waals surface area contributed by atoms with Crippen LogP contribution in [-0.2, 0) is 11.8 Å². The van der Waals surface area contributed by atoms with Gasteiger partial charge in [0.05, 0.1) is 0 Å². The largest absolute Gasteiger partial charge is 0.399 e. The first kappa shape index (κ1) is 33.0. The Morgan fingerprint density at radius 2 is 1.03 bits per heavy atom. The third-order valence-corrected chi connectivity index (χ3v) is 5.87. The van der Waals surface area contributed by atoms with Crippen molar-refractivity contribution in [1.29, 1.82) is 0 Å². The van der Waals surface area contributed by atoms with Crippen molar-refractivity contribution in [2.24, 2.45) is 0 Å². The number of Topliss-reactive ketones (excluding diaryl/α,β-unsaturated/α-hetero) is 1. The summed E-state index contributed by atoms with van der Waals surface area (Å²) in [7, 11) is 1.84. The van der Waals surface area contributed by atoms with E-state index in [4.69, 9.17) is 34.7 Å². The first-order valence-corrected chi connectivity index (χ1v) is 12.8. The number of ketones is 1. The van der Waals surface area contributed by atoms with Gasteiger partial charge in [0.25, 0.3) is 5.91 Å². The molecule has 6 N–H and O–H groups in total. The van der Waals surface area contributed by atoms with Crippen LogP contribution in [0.3, 0.4) is 0 Å². The quantitative estimate of drug-likeness (QED) is 0.108. The van der Waals surface area contributed by atoms with Gasteiger partial charge in [-0.15, -0.1) is 23.2 Å². The Balaban J connectivity index is 0.000000333. The van der Waals surface area contributed by atoms with Crippen LogP contribution >= 0.6 is 23.2 Å². The molecule has 0 fully saturated rings. The highest BCUT2D eigenvalue weighted by Gasteiger charge is 2.07. The fraction of sp³-hybridized carbons (Fsp3) is 0.161. The van der Waals surface area contributed by atoms with E-state index in [1.54, 1.807) is 48.5 Å². The van der Waals surface area contributed by atoms with Crippen LogP contribution in [-0.4, -0.2) is 18.7 Å². The monoisotopic (exact) mass is 566 g/mol. The normalized spacial score (nSPS) is 9.44. The van der Waals surface area contributed by atoms with Crippen LogP contribution in [0.5, 0.6) is 0 Å². The van der Waals surface area contributed by atoms with Crippen molar-refractivity contribution >= 4 is 57.6 Å². The molecule has 0 radical (unpaired) electrons. The fourth-order valence-corrected chi connectivity index (χ4v) is 3.35. The molecular weight excluding hydrogens is 531 g/mol. The lowest BCUT2D eigenvalue weighted by molar-refractivity contribution is 0.101. The first-order valence-electron chi connectivity index (χ1n) is 11.8. The number of hydrogen-bond acceptors (Lipinski definition) is 5. The Labute approximate surface area is 241 Å². The number of nitrogens with one attached hydrogen (secondary N) is 2. The van der Waals surface area contributed by atoms with E-state index in [-0.39, 0.29) is 19.1 Å². The SMILES string of the molecule is C.CNc1ccc(NC(=O)c2ccc(C(C)=O)cc2)cc1.ClCc1ccc(CCl)cc1.Nc1ccc(N)cc1. The summed E-state index contributed by atoms with van der Waals surface area (Å²) in [6.45, 7) is 1.50. The summed E-state index contributed by atoms with van der Waals surface area (Å²) in [6.07, 6.45) is 0. The number of rotatable bonds is 6. The van der Waals surface area contributed by atoms with E-state index >= 15 is 0 Å². The molecule has 0 heterocycles. The van der Waals surface area contributed by atoms with Gasteiger partial charge in [0.2, 0.25) is 0 Å². The lowest BCUT2D eigenvalue weighted by Crippen LogP contribution is -2.12. The van der Waals surface area contributed by atoms with Gasteiger partial charge < -0.3 is 22.1 Å². The summed E-state index contributed by atoms with van der Waals surface area (Å²) in [4.78, 5) is 23.2. The van der Waals surface area contributed by atoms with E-state index < -0.39 is 0 Å². The molecule has 0 spiro atoms. The van der Waals surface area contributed by atoms with E-state index in [1.165, 1.54) is 6.92 Å². The van der Waals surface area contributed by atoms with E-state index in [0.717, 1.165) is 33.9 Å². The maximum atomic E-state index is 12.0. The topological polar surface area (TPSA) is 110 Å². The number of benzene rings is 4. The predicted octanol–water partition coefficient (Wildman–Crippen LogP) is 7.83. The molecule has 8 heteroatoms. The van der Waals surface area contributed by atoms with Gasteiger partial charge in [0, 0.05) is 52.7 Å². The molecule has 0 bridgehead atoms. The highest BCUT2D eigenvalue weighted by molar-refractivity contribution is 6.17. The third kappa shape index (κ3) is 11.9. The Morgan fingerprint density at radius 1 is 0.641 bits per heavy atom. The molecular formula is C31H36Cl2N4O2. The molecule has 206 valence electrons. The summed E-state index contributed by atoms with van der Waals surface area (Å²) >= 11 is 11.2. The molecule has 0 aliphatic carbocycles. The lowest BCUT2D eigenvalue weighted by Gasteiger charge is -2.07. The number of carbonyl (C=O) groups is 2. The zero-order valence-corrected chi connectivity index (χ0v) is 22.9. The Kier molecular flexibility index (Phi) is 14.8. The van der Waals surface area contributed by atoms with Crippen molar-refractivity contribution in [3.63, 3.8) is 0 Å². The smallest absolute Gasteiger partial charge is 0.255 e. The molecule has 0 saturated carbocycles. The van der Waals surface area contributed by atoms with Crippen molar-refractivity contribution in [2.45, 2.75) is 26.1 Å². The van der Waals surface area contributed by atoms with E-state index in [0.29, 0.717) is 22.9 Å². The highest BCUT2D eigenvalue weighted by Crippen LogP contribution is 2.14. The van der Waals surface area contributed by atoms with Gasteiger partial charge in [0.1, 0.15) is 0 Å². The lowest BCUT2D eigenvalue weighted by atomic mass is 10.1. The average Bonchev–Trinajstić information content (AvgIpc) is 2.95. The number of nitrogens with two attached hydrogens (primary N) is 2. The number of amides is 1. The summed E-state index contributed by atoms with van der Waals surface area (Å²) in [5.74, 6) is 0.933. The van der Waals surface area contributed by atoms with Crippen LogP contribution in [0.25, 0.3) is 0 Å². The number of anilines is 4. The van der Waals surface area contributed by atoms with Gasteiger partial charge in [-0.2, -0.15) is 0 Å². The Morgan fingerprint density at radius 3 is 1.38 bits per heavy atom. The molecule has 6 nitrogen and oxygen atoms in total. The minimum absolute atomic E-state index is 0. The van der Waals surface area contributed by atoms with Crippen LogP contribution in [0, 0.1) is 0 Å². The molecule has 0 unspecified atom stereocenters. The summed E-state index contributed by atoms with van der Waals surface area (Å²) in [5, 5.41) is 5.82. The maximum Gasteiger partial charge on any atom is 0.255 e. The predicted molar refractivity (Wildman–Crippen MR) is 168 cm³/mol. The molecule has 0 aromatic heterocycles. The van der Waals surface area contributed by atoms with Gasteiger partial charge in [-0.25, -0.2) is 0 Å². The molecule has 1 amide bonds. The molecule has 0 aliphatic heterocycles. The van der Waals surface area contributed by atoms with Crippen LogP contribution in [0.4, 0.5) is 22.7 Å². The van der Waals surface area contributed by atoms with Gasteiger partial charge in [-0.1, -0.05) is 43.8 Å². The number of halogens is 2. The fourth-order valence-electron chi connectivity index (χ4n) is 2.99. The second-order valence-electron chi connectivity index (χ2n) is 8.17. The molecule has 4 aromatic carbocycles. The summed E-state index contributed by atoms with van der Waals surface area (Å²) in [6, 6.07) is 29.1. The number of nitrogen functional groups attached to an aromatic ring is 2. The number of alkyl halides is 2. The van der Waals surface area contributed by atoms with Crippen LogP contribution < -0.4 is 22.1 Å². The summed E-state index contributed by atoms with van der Waals surface area (Å²) in [5.41, 5.74) is 17.3. The van der Waals surface area contributed by atoms with Gasteiger partial charge >= 0.3 is 0 Å². The average molecular weight is 568 g/mol. The molecule has 0 aliphatic rings. The highest BCUT2D eigenvalue weighted by atomic mass is 35.5. The van der Waals surface area contributed by atoms with Crippen LogP contribution in [0.15, 0.2) is 97.1 Å². The standard InChI is InChI=1S/C16H16N2O2.C8H8Cl2.C6H8N2.CH4/c1-11(19)12-3-5-13(6-4-12)16(20)18-15-9-7-14(17-2)8-10-15;9-5-7-1-2-8(6-10)4-3-7;7-5-1-2-6(8)4-3-5;/h3-10,17H,1-2H3,(H,18,20);1-4H,5-6H2;1-4H,7-8H2;1H4. The number of hydrogen-bond donors (Lipinski definition) is 4. The zero-order chi connectivity index (χ0) is 27.9. The minimum atomic E-state index is -0.197. The Bertz CT molecular complexity index is 1230. The molecule has 4 rings (SSSR count). The molecule has 0 saturated heterocycles. The second kappa shape index (κ2) is 17.5. The van der Waals surface area contributed by atoms with Crippen molar-refractivity contribution in [2.75, 3.05) is 29.1 Å². The first-order chi connectivity index (χ1) is 18.2. The third-order valence-electron chi connectivity index (χ3n) is 5.25. The zero-order valence-electron chi connectivity index (χ0n) is 21.4. The van der Waals surface area contributed by atoms with Crippen molar-refractivity contribution < 1.29 is 9.59 Å². The molecule has 39 heavy (non-hydrogen) atoms. The number of carbonyl (C=O) groups excluding carboxylic acids is 2. The molecule has 0 atom stereocenters. The van der Waals surface area contributed by atoms with Crippen molar-refractivity contribution in [3.8, 4) is 0 Å². The second-order valence-corrected chi connectivity index (χ2v) is 8.70. The van der Waals surface area contributed by atoms with E-state index in [1.807, 2.05) is 55.6 Å². The van der Waals surface area contributed by atoms with Crippen LogP contribution in [0.2, 0.25) is 0 Å². The minimum Gasteiger partial charge on any atom is -0.399 e. The van der Waals surface area contributed by atoms with Gasteiger partial charge in [-0.05, 0) is 78.7 Å². The van der Waals surface area contributed by atoms with Crippen molar-refractivity contribution in [1.82, 2.24) is 0 Å². The molecule has 4 aromatic rings. The van der Waals surface area contributed by atoms with Crippen LogP contribution in [0.1, 0.15) is 46.2 Å². The van der Waals surface area contributed by atoms with Gasteiger partial charge in [-0.3, -0.25) is 9.59 Å². The summed E-state index contributed by atoms with van der Waals surface area (Å²) < 4.78 is 0.